The van der Waals surface area contributed by atoms with E-state index in [9.17, 15) is 22.8 Å². The van der Waals surface area contributed by atoms with Crippen LogP contribution in [-0.4, -0.2) is 24.9 Å². The van der Waals surface area contributed by atoms with E-state index in [1.54, 1.807) is 6.07 Å². The van der Waals surface area contributed by atoms with Crippen LogP contribution in [0.3, 0.4) is 0 Å². The smallest absolute Gasteiger partial charge is 0.354 e. The van der Waals surface area contributed by atoms with E-state index in [-0.39, 0.29) is 31.3 Å². The molecule has 2 amide bonds. The van der Waals surface area contributed by atoms with Crippen LogP contribution in [0.25, 0.3) is 0 Å². The molecule has 0 aromatic heterocycles. The van der Waals surface area contributed by atoms with Crippen LogP contribution in [0.5, 0.6) is 0 Å². The molecule has 0 atom stereocenters. The van der Waals surface area contributed by atoms with Gasteiger partial charge in [-0.3, -0.25) is 9.59 Å². The van der Waals surface area contributed by atoms with Crippen LogP contribution in [0.2, 0.25) is 0 Å². The number of halogens is 3. The van der Waals surface area contributed by atoms with Crippen molar-refractivity contribution in [2.24, 2.45) is 0 Å². The summed E-state index contributed by atoms with van der Waals surface area (Å²) in [4.78, 5) is 25.0. The molecule has 2 aromatic carbocycles. The Labute approximate surface area is 173 Å². The third-order valence-electron chi connectivity index (χ3n) is 5.57. The highest BCUT2D eigenvalue weighted by atomic mass is 19.4. The summed E-state index contributed by atoms with van der Waals surface area (Å²) in [5, 5.41) is 5.56. The van der Waals surface area contributed by atoms with Crippen LogP contribution in [0.15, 0.2) is 54.6 Å². The molecule has 4 nitrogen and oxygen atoms in total. The molecule has 0 radical (unpaired) electrons. The first-order valence-corrected chi connectivity index (χ1v) is 10.1. The zero-order valence-corrected chi connectivity index (χ0v) is 16.6. The van der Waals surface area contributed by atoms with Crippen molar-refractivity contribution in [2.45, 2.75) is 43.7 Å². The molecule has 1 fully saturated rings. The third kappa shape index (κ3) is 5.20. The maximum atomic E-state index is 13.1. The lowest BCUT2D eigenvalue weighted by molar-refractivity contribution is -0.138. The Morgan fingerprint density at radius 1 is 0.900 bits per heavy atom. The van der Waals surface area contributed by atoms with Gasteiger partial charge in [-0.1, -0.05) is 61.4 Å². The molecule has 3 rings (SSSR count). The molecule has 30 heavy (non-hydrogen) atoms. The summed E-state index contributed by atoms with van der Waals surface area (Å²) < 4.78 is 39.4. The van der Waals surface area contributed by atoms with E-state index in [0.29, 0.717) is 18.4 Å². The molecule has 2 N–H and O–H groups in total. The highest BCUT2D eigenvalue weighted by molar-refractivity contribution is 5.88. The van der Waals surface area contributed by atoms with Gasteiger partial charge in [-0.05, 0) is 30.0 Å². The summed E-state index contributed by atoms with van der Waals surface area (Å²) in [6, 6.07) is 14.4. The summed E-state index contributed by atoms with van der Waals surface area (Å²) in [5.74, 6) is -0.430. The summed E-state index contributed by atoms with van der Waals surface area (Å²) in [6.07, 6.45) is -1.59. The molecule has 1 saturated carbocycles. The summed E-state index contributed by atoms with van der Waals surface area (Å²) >= 11 is 0. The number of nitrogens with one attached hydrogen (secondary N) is 2. The topological polar surface area (TPSA) is 58.2 Å². The fraction of sp³-hybridized carbons (Fsp3) is 0.391. The predicted molar refractivity (Wildman–Crippen MR) is 108 cm³/mol. The van der Waals surface area contributed by atoms with Gasteiger partial charge < -0.3 is 10.6 Å². The van der Waals surface area contributed by atoms with E-state index in [0.717, 1.165) is 30.5 Å². The number of carbonyl (C=O) groups is 2. The van der Waals surface area contributed by atoms with Crippen molar-refractivity contribution in [1.29, 1.82) is 0 Å². The van der Waals surface area contributed by atoms with Gasteiger partial charge in [-0.15, -0.1) is 0 Å². The van der Waals surface area contributed by atoms with E-state index in [1.807, 2.05) is 30.3 Å². The van der Waals surface area contributed by atoms with E-state index in [1.165, 1.54) is 6.07 Å². The van der Waals surface area contributed by atoms with Crippen LogP contribution < -0.4 is 10.6 Å². The standard InChI is InChI=1S/C23H25F3N2O2/c24-23(25,26)19-10-6-9-18(16-19)22(11-4-5-12-22)21(30)28-14-13-27-20(29)15-17-7-2-1-3-8-17/h1-3,6-10,16H,4-5,11-15H2,(H,27,29)(H,28,30). The fourth-order valence-corrected chi connectivity index (χ4v) is 4.01. The summed E-state index contributed by atoms with van der Waals surface area (Å²) in [5.41, 5.74) is -0.392. The molecule has 160 valence electrons. The van der Waals surface area contributed by atoms with E-state index >= 15 is 0 Å². The van der Waals surface area contributed by atoms with Crippen molar-refractivity contribution in [3.05, 3.63) is 71.3 Å². The number of amides is 2. The molecular formula is C23H25F3N2O2. The number of benzene rings is 2. The van der Waals surface area contributed by atoms with Crippen LogP contribution in [0, 0.1) is 0 Å². The van der Waals surface area contributed by atoms with Crippen molar-refractivity contribution in [2.75, 3.05) is 13.1 Å². The lowest BCUT2D eigenvalue weighted by Gasteiger charge is -2.29. The number of carbonyl (C=O) groups excluding carboxylic acids is 2. The Kier molecular flexibility index (Phi) is 6.80. The largest absolute Gasteiger partial charge is 0.416 e. The lowest BCUT2D eigenvalue weighted by Crippen LogP contribution is -2.45. The van der Waals surface area contributed by atoms with E-state index in [2.05, 4.69) is 10.6 Å². The normalized spacial score (nSPS) is 15.6. The first-order chi connectivity index (χ1) is 14.3. The second-order valence-corrected chi connectivity index (χ2v) is 7.64. The van der Waals surface area contributed by atoms with Crippen LogP contribution in [0.1, 0.15) is 42.4 Å². The third-order valence-corrected chi connectivity index (χ3v) is 5.57. The molecule has 0 bridgehead atoms. The number of alkyl halides is 3. The van der Waals surface area contributed by atoms with Crippen molar-refractivity contribution >= 4 is 11.8 Å². The molecule has 0 saturated heterocycles. The van der Waals surface area contributed by atoms with Crippen LogP contribution in [-0.2, 0) is 27.6 Å². The molecule has 0 aliphatic heterocycles. The predicted octanol–water partition coefficient (Wildman–Crippen LogP) is 3.99. The second-order valence-electron chi connectivity index (χ2n) is 7.64. The van der Waals surface area contributed by atoms with Crippen molar-refractivity contribution in [3.63, 3.8) is 0 Å². The first kappa shape index (κ1) is 21.9. The highest BCUT2D eigenvalue weighted by Gasteiger charge is 2.43. The molecule has 0 spiro atoms. The van der Waals surface area contributed by atoms with Gasteiger partial charge in [0.1, 0.15) is 0 Å². The maximum absolute atomic E-state index is 13.1. The maximum Gasteiger partial charge on any atom is 0.416 e. The van der Waals surface area contributed by atoms with Gasteiger partial charge >= 0.3 is 6.18 Å². The SMILES string of the molecule is O=C(Cc1ccccc1)NCCNC(=O)C1(c2cccc(C(F)(F)F)c2)CCCC1. The second kappa shape index (κ2) is 9.32. The Balaban J connectivity index is 1.58. The molecule has 0 unspecified atom stereocenters. The minimum absolute atomic E-state index is 0.149. The number of hydrogen-bond donors (Lipinski definition) is 2. The van der Waals surface area contributed by atoms with Gasteiger partial charge in [0, 0.05) is 13.1 Å². The number of rotatable bonds is 7. The summed E-state index contributed by atoms with van der Waals surface area (Å²) in [7, 11) is 0. The highest BCUT2D eigenvalue weighted by Crippen LogP contribution is 2.43. The monoisotopic (exact) mass is 418 g/mol. The Hall–Kier alpha value is -2.83. The Bertz CT molecular complexity index is 876. The van der Waals surface area contributed by atoms with Gasteiger partial charge in [-0.2, -0.15) is 13.2 Å². The average Bonchev–Trinajstić information content (AvgIpc) is 3.23. The molecule has 2 aromatic rings. The minimum Gasteiger partial charge on any atom is -0.354 e. The van der Waals surface area contributed by atoms with Crippen LogP contribution >= 0.6 is 0 Å². The zero-order chi connectivity index (χ0) is 21.6. The van der Waals surface area contributed by atoms with Crippen molar-refractivity contribution in [3.8, 4) is 0 Å². The molecule has 1 aliphatic carbocycles. The lowest BCUT2D eigenvalue weighted by atomic mass is 9.77. The van der Waals surface area contributed by atoms with E-state index in [4.69, 9.17) is 0 Å². The number of hydrogen-bond acceptors (Lipinski definition) is 2. The Morgan fingerprint density at radius 2 is 1.57 bits per heavy atom. The Morgan fingerprint density at radius 3 is 2.23 bits per heavy atom. The van der Waals surface area contributed by atoms with Crippen LogP contribution in [0.4, 0.5) is 13.2 Å². The van der Waals surface area contributed by atoms with Gasteiger partial charge in [0.15, 0.2) is 0 Å². The van der Waals surface area contributed by atoms with Gasteiger partial charge in [0.25, 0.3) is 0 Å². The molecule has 0 heterocycles. The molecule has 7 heteroatoms. The van der Waals surface area contributed by atoms with Crippen molar-refractivity contribution in [1.82, 2.24) is 10.6 Å². The van der Waals surface area contributed by atoms with Gasteiger partial charge in [0.05, 0.1) is 17.4 Å². The minimum atomic E-state index is -4.45. The summed E-state index contributed by atoms with van der Waals surface area (Å²) in [6.45, 7) is 0.482. The quantitative estimate of drug-likeness (QED) is 0.668. The first-order valence-electron chi connectivity index (χ1n) is 10.1. The zero-order valence-electron chi connectivity index (χ0n) is 16.6. The van der Waals surface area contributed by atoms with Crippen molar-refractivity contribution < 1.29 is 22.8 Å². The molecule has 1 aliphatic rings. The fourth-order valence-electron chi connectivity index (χ4n) is 4.01. The van der Waals surface area contributed by atoms with E-state index < -0.39 is 17.2 Å². The average molecular weight is 418 g/mol. The molecular weight excluding hydrogens is 393 g/mol. The van der Waals surface area contributed by atoms with Gasteiger partial charge in [0.2, 0.25) is 11.8 Å². The van der Waals surface area contributed by atoms with Gasteiger partial charge in [-0.25, -0.2) is 0 Å².